The van der Waals surface area contributed by atoms with Gasteiger partial charge in [0.2, 0.25) is 5.91 Å². The van der Waals surface area contributed by atoms with Crippen molar-refractivity contribution >= 4 is 17.5 Å². The maximum Gasteiger partial charge on any atom is 0.254 e. The van der Waals surface area contributed by atoms with Crippen LogP contribution in [0.2, 0.25) is 0 Å². The van der Waals surface area contributed by atoms with Crippen molar-refractivity contribution in [3.8, 4) is 0 Å². The minimum absolute atomic E-state index is 0.0348. The van der Waals surface area contributed by atoms with E-state index >= 15 is 0 Å². The molecule has 1 aromatic heterocycles. The Labute approximate surface area is 163 Å². The van der Waals surface area contributed by atoms with Gasteiger partial charge in [0.1, 0.15) is 12.4 Å². The average Bonchev–Trinajstić information content (AvgIpc) is 3.22. The molecule has 0 aliphatic heterocycles. The summed E-state index contributed by atoms with van der Waals surface area (Å²) < 4.78 is 10.8. The first-order chi connectivity index (χ1) is 13.6. The number of rotatable bonds is 8. The van der Waals surface area contributed by atoms with Crippen LogP contribution in [-0.4, -0.2) is 30.3 Å². The average molecular weight is 378 g/mol. The molecule has 2 amide bonds. The van der Waals surface area contributed by atoms with Gasteiger partial charge in [0, 0.05) is 18.3 Å². The molecule has 144 valence electrons. The second-order valence-corrected chi connectivity index (χ2v) is 6.35. The number of anilines is 1. The monoisotopic (exact) mass is 378 g/mol. The maximum atomic E-state index is 12.3. The lowest BCUT2D eigenvalue weighted by Gasteiger charge is -2.17. The first-order valence-electron chi connectivity index (χ1n) is 8.91. The largest absolute Gasteiger partial charge is 0.467 e. The molecule has 28 heavy (non-hydrogen) atoms. The van der Waals surface area contributed by atoms with Crippen LogP contribution in [0.1, 0.15) is 21.7 Å². The highest BCUT2D eigenvalue weighted by molar-refractivity contribution is 5.99. The molecule has 0 spiro atoms. The third kappa shape index (κ3) is 5.56. The molecular formula is C22H22N2O4. The normalized spacial score (nSPS) is 10.5. The van der Waals surface area contributed by atoms with Crippen molar-refractivity contribution in [2.75, 3.05) is 18.9 Å². The van der Waals surface area contributed by atoms with E-state index in [0.29, 0.717) is 24.5 Å². The fourth-order valence-electron chi connectivity index (χ4n) is 2.69. The summed E-state index contributed by atoms with van der Waals surface area (Å²) >= 11 is 0. The van der Waals surface area contributed by atoms with Gasteiger partial charge >= 0.3 is 0 Å². The van der Waals surface area contributed by atoms with Crippen LogP contribution in [0.4, 0.5) is 5.69 Å². The number of nitrogens with one attached hydrogen (secondary N) is 1. The quantitative estimate of drug-likeness (QED) is 0.649. The van der Waals surface area contributed by atoms with E-state index in [0.717, 1.165) is 11.3 Å². The van der Waals surface area contributed by atoms with E-state index < -0.39 is 0 Å². The molecule has 0 aliphatic carbocycles. The number of ether oxygens (including phenoxy) is 1. The first kappa shape index (κ1) is 19.4. The molecular weight excluding hydrogens is 356 g/mol. The molecule has 3 rings (SSSR count). The summed E-state index contributed by atoms with van der Waals surface area (Å²) in [6, 6.07) is 20.0. The van der Waals surface area contributed by atoms with E-state index in [9.17, 15) is 9.59 Å². The molecule has 0 saturated heterocycles. The Morgan fingerprint density at radius 1 is 1.00 bits per heavy atom. The molecule has 6 heteroatoms. The smallest absolute Gasteiger partial charge is 0.254 e. The number of likely N-dealkylation sites (N-methyl/N-ethyl adjacent to an activating group) is 1. The van der Waals surface area contributed by atoms with Crippen LogP contribution >= 0.6 is 0 Å². The third-order valence-electron chi connectivity index (χ3n) is 4.05. The summed E-state index contributed by atoms with van der Waals surface area (Å²) in [4.78, 5) is 26.0. The molecule has 0 radical (unpaired) electrons. The number of amides is 2. The van der Waals surface area contributed by atoms with Crippen molar-refractivity contribution in [2.45, 2.75) is 13.2 Å². The summed E-state index contributed by atoms with van der Waals surface area (Å²) in [7, 11) is 1.60. The summed E-state index contributed by atoms with van der Waals surface area (Å²) in [5, 5.41) is 2.82. The van der Waals surface area contributed by atoms with Crippen LogP contribution in [0.15, 0.2) is 77.4 Å². The van der Waals surface area contributed by atoms with Gasteiger partial charge in [0.25, 0.3) is 5.91 Å². The Balaban J connectivity index is 1.50. The van der Waals surface area contributed by atoms with Crippen molar-refractivity contribution in [2.24, 2.45) is 0 Å². The van der Waals surface area contributed by atoms with Gasteiger partial charge in [-0.05, 0) is 42.0 Å². The topological polar surface area (TPSA) is 71.8 Å². The molecule has 0 fully saturated rings. The molecule has 0 aliphatic rings. The van der Waals surface area contributed by atoms with E-state index in [1.807, 2.05) is 36.4 Å². The van der Waals surface area contributed by atoms with Crippen molar-refractivity contribution in [1.29, 1.82) is 0 Å². The van der Waals surface area contributed by atoms with Crippen molar-refractivity contribution < 1.29 is 18.7 Å². The standard InChI is InChI=1S/C22H22N2O4/c1-24(22(26)18-8-3-2-4-9-18)14-21(25)23-19-10-5-7-17(13-19)15-27-16-20-11-6-12-28-20/h2-13H,14-16H2,1H3,(H,23,25). The zero-order valence-corrected chi connectivity index (χ0v) is 15.6. The molecule has 3 aromatic rings. The molecule has 6 nitrogen and oxygen atoms in total. The molecule has 0 saturated carbocycles. The number of carbonyl (C=O) groups is 2. The van der Waals surface area contributed by atoms with Gasteiger partial charge in [-0.1, -0.05) is 30.3 Å². The molecule has 0 atom stereocenters. The van der Waals surface area contributed by atoms with E-state index in [4.69, 9.17) is 9.15 Å². The van der Waals surface area contributed by atoms with E-state index in [1.54, 1.807) is 43.6 Å². The summed E-state index contributed by atoms with van der Waals surface area (Å²) in [5.74, 6) is 0.298. The van der Waals surface area contributed by atoms with Crippen LogP contribution in [-0.2, 0) is 22.7 Å². The molecule has 0 bridgehead atoms. The lowest BCUT2D eigenvalue weighted by Crippen LogP contribution is -2.34. The maximum absolute atomic E-state index is 12.3. The van der Waals surface area contributed by atoms with Crippen LogP contribution in [0.25, 0.3) is 0 Å². The van der Waals surface area contributed by atoms with Gasteiger partial charge < -0.3 is 19.4 Å². The van der Waals surface area contributed by atoms with Crippen molar-refractivity contribution in [3.63, 3.8) is 0 Å². The summed E-state index contributed by atoms with van der Waals surface area (Å²) in [6.45, 7) is 0.750. The van der Waals surface area contributed by atoms with Gasteiger partial charge in [-0.25, -0.2) is 0 Å². The summed E-state index contributed by atoms with van der Waals surface area (Å²) in [6.07, 6.45) is 1.61. The van der Waals surface area contributed by atoms with E-state index in [-0.39, 0.29) is 18.4 Å². The van der Waals surface area contributed by atoms with Crippen LogP contribution < -0.4 is 5.32 Å². The highest BCUT2D eigenvalue weighted by atomic mass is 16.5. The minimum atomic E-state index is -0.263. The third-order valence-corrected chi connectivity index (χ3v) is 4.05. The van der Waals surface area contributed by atoms with Crippen LogP contribution in [0.3, 0.4) is 0 Å². The Morgan fingerprint density at radius 3 is 2.57 bits per heavy atom. The highest BCUT2D eigenvalue weighted by Crippen LogP contribution is 2.13. The van der Waals surface area contributed by atoms with Crippen LogP contribution in [0.5, 0.6) is 0 Å². The number of benzene rings is 2. The zero-order valence-electron chi connectivity index (χ0n) is 15.6. The first-order valence-corrected chi connectivity index (χ1v) is 8.91. The Kier molecular flexibility index (Phi) is 6.59. The lowest BCUT2D eigenvalue weighted by atomic mass is 10.2. The predicted molar refractivity (Wildman–Crippen MR) is 106 cm³/mol. The van der Waals surface area contributed by atoms with Gasteiger partial charge in [0.15, 0.2) is 0 Å². The summed E-state index contributed by atoms with van der Waals surface area (Å²) in [5.41, 5.74) is 2.14. The Hall–Kier alpha value is -3.38. The van der Waals surface area contributed by atoms with E-state index in [1.165, 1.54) is 4.90 Å². The highest BCUT2D eigenvalue weighted by Gasteiger charge is 2.14. The van der Waals surface area contributed by atoms with Gasteiger partial charge in [-0.3, -0.25) is 9.59 Å². The molecule has 1 N–H and O–H groups in total. The molecule has 2 aromatic carbocycles. The second-order valence-electron chi connectivity index (χ2n) is 6.35. The SMILES string of the molecule is CN(CC(=O)Nc1cccc(COCc2ccco2)c1)C(=O)c1ccccc1. The zero-order chi connectivity index (χ0) is 19.8. The Bertz CT molecular complexity index is 907. The number of hydrogen-bond donors (Lipinski definition) is 1. The second kappa shape index (κ2) is 9.53. The fourth-order valence-corrected chi connectivity index (χ4v) is 2.69. The predicted octanol–water partition coefficient (Wildman–Crippen LogP) is 3.71. The minimum Gasteiger partial charge on any atom is -0.467 e. The van der Waals surface area contributed by atoms with Crippen molar-refractivity contribution in [3.05, 3.63) is 89.9 Å². The number of hydrogen-bond acceptors (Lipinski definition) is 4. The molecule has 1 heterocycles. The van der Waals surface area contributed by atoms with E-state index in [2.05, 4.69) is 5.32 Å². The Morgan fingerprint density at radius 2 is 1.82 bits per heavy atom. The number of carbonyl (C=O) groups excluding carboxylic acids is 2. The molecule has 0 unspecified atom stereocenters. The number of furan rings is 1. The van der Waals surface area contributed by atoms with Crippen LogP contribution in [0, 0.1) is 0 Å². The lowest BCUT2D eigenvalue weighted by molar-refractivity contribution is -0.116. The van der Waals surface area contributed by atoms with Gasteiger partial charge in [0.05, 0.1) is 19.4 Å². The van der Waals surface area contributed by atoms with Crippen molar-refractivity contribution in [1.82, 2.24) is 4.90 Å². The van der Waals surface area contributed by atoms with Gasteiger partial charge in [-0.15, -0.1) is 0 Å². The fraction of sp³-hybridized carbons (Fsp3) is 0.182. The van der Waals surface area contributed by atoms with Gasteiger partial charge in [-0.2, -0.15) is 0 Å². The number of nitrogens with zero attached hydrogens (tertiary/aromatic N) is 1.